The van der Waals surface area contributed by atoms with E-state index < -0.39 is 0 Å². The van der Waals surface area contributed by atoms with E-state index in [1.807, 2.05) is 32.6 Å². The number of aryl methyl sites for hydroxylation is 1. The van der Waals surface area contributed by atoms with Crippen LogP contribution in [0.4, 0.5) is 5.88 Å². The molecule has 0 amide bonds. The van der Waals surface area contributed by atoms with Crippen LogP contribution in [0.2, 0.25) is 0 Å². The van der Waals surface area contributed by atoms with E-state index >= 15 is 0 Å². The molecule has 84 valence electrons. The molecule has 0 aliphatic carbocycles. The molecule has 0 radical (unpaired) electrons. The molecule has 1 atom stereocenters. The van der Waals surface area contributed by atoms with Gasteiger partial charge in [-0.15, -0.1) is 0 Å². The van der Waals surface area contributed by atoms with Gasteiger partial charge in [-0.25, -0.2) is 4.98 Å². The maximum absolute atomic E-state index is 5.61. The fraction of sp³-hybridized carbons (Fsp3) is 0.364. The van der Waals surface area contributed by atoms with Crippen molar-refractivity contribution in [2.24, 2.45) is 7.05 Å². The summed E-state index contributed by atoms with van der Waals surface area (Å²) in [4.78, 5) is 6.54. The lowest BCUT2D eigenvalue weighted by Crippen LogP contribution is -2.18. The second kappa shape index (κ2) is 3.38. The minimum Gasteiger partial charge on any atom is -0.434 e. The molecule has 1 aliphatic rings. The molecule has 4 nitrogen and oxygen atoms in total. The topological polar surface area (TPSA) is 34.2 Å². The van der Waals surface area contributed by atoms with Crippen LogP contribution in [0.3, 0.4) is 0 Å². The van der Waals surface area contributed by atoms with Crippen molar-refractivity contribution in [2.75, 3.05) is 18.5 Å². The van der Waals surface area contributed by atoms with Gasteiger partial charge in [-0.2, -0.15) is 0 Å². The summed E-state index contributed by atoms with van der Waals surface area (Å²) >= 11 is 3.37. The van der Waals surface area contributed by atoms with E-state index in [0.717, 1.165) is 22.9 Å². The SMILES string of the molecule is CN1CC(c2nccn2C)c2cc(Br)oc21. The lowest BCUT2D eigenvalue weighted by molar-refractivity contribution is 0.539. The Hall–Kier alpha value is -1.23. The Kier molecular flexibility index (Phi) is 2.10. The van der Waals surface area contributed by atoms with E-state index in [4.69, 9.17) is 4.42 Å². The van der Waals surface area contributed by atoms with Crippen LogP contribution < -0.4 is 4.90 Å². The number of rotatable bonds is 1. The summed E-state index contributed by atoms with van der Waals surface area (Å²) < 4.78 is 8.46. The molecule has 2 aromatic heterocycles. The molecule has 1 aliphatic heterocycles. The molecular weight excluding hydrogens is 270 g/mol. The fourth-order valence-corrected chi connectivity index (χ4v) is 2.70. The van der Waals surface area contributed by atoms with Gasteiger partial charge >= 0.3 is 0 Å². The van der Waals surface area contributed by atoms with Gasteiger partial charge in [0.1, 0.15) is 5.82 Å². The third-order valence-electron chi connectivity index (χ3n) is 3.06. The number of hydrogen-bond acceptors (Lipinski definition) is 3. The number of aromatic nitrogens is 2. The quantitative estimate of drug-likeness (QED) is 0.805. The minimum atomic E-state index is 0.301. The van der Waals surface area contributed by atoms with Crippen LogP contribution in [0.1, 0.15) is 17.3 Å². The summed E-state index contributed by atoms with van der Waals surface area (Å²) in [5.41, 5.74) is 1.21. The summed E-state index contributed by atoms with van der Waals surface area (Å²) in [7, 11) is 4.06. The van der Waals surface area contributed by atoms with Crippen LogP contribution in [0.5, 0.6) is 0 Å². The van der Waals surface area contributed by atoms with E-state index in [1.54, 1.807) is 0 Å². The Morgan fingerprint density at radius 2 is 2.31 bits per heavy atom. The third-order valence-corrected chi connectivity index (χ3v) is 3.45. The Morgan fingerprint density at radius 3 is 3.00 bits per heavy atom. The average Bonchev–Trinajstić information content (AvgIpc) is 2.86. The van der Waals surface area contributed by atoms with Crippen molar-refractivity contribution >= 4 is 21.8 Å². The van der Waals surface area contributed by atoms with E-state index in [9.17, 15) is 0 Å². The first kappa shape index (κ1) is 9.96. The van der Waals surface area contributed by atoms with Crippen molar-refractivity contribution in [2.45, 2.75) is 5.92 Å². The molecule has 3 heterocycles. The van der Waals surface area contributed by atoms with E-state index in [-0.39, 0.29) is 0 Å². The monoisotopic (exact) mass is 281 g/mol. The third kappa shape index (κ3) is 1.31. The molecule has 0 saturated heterocycles. The second-order valence-corrected chi connectivity index (χ2v) is 4.92. The van der Waals surface area contributed by atoms with E-state index in [0.29, 0.717) is 5.92 Å². The van der Waals surface area contributed by atoms with Crippen molar-refractivity contribution in [3.63, 3.8) is 0 Å². The molecule has 5 heteroatoms. The van der Waals surface area contributed by atoms with Crippen LogP contribution >= 0.6 is 15.9 Å². The number of furan rings is 1. The van der Waals surface area contributed by atoms with Crippen LogP contribution in [-0.2, 0) is 7.05 Å². The molecule has 1 unspecified atom stereocenters. The molecule has 0 saturated carbocycles. The zero-order valence-corrected chi connectivity index (χ0v) is 10.7. The van der Waals surface area contributed by atoms with Crippen LogP contribution in [0.15, 0.2) is 27.5 Å². The van der Waals surface area contributed by atoms with Gasteiger partial charge in [0.25, 0.3) is 0 Å². The summed E-state index contributed by atoms with van der Waals surface area (Å²) in [5, 5.41) is 0. The van der Waals surface area contributed by atoms with Crippen LogP contribution in [0.25, 0.3) is 0 Å². The van der Waals surface area contributed by atoms with Gasteiger partial charge in [-0.3, -0.25) is 0 Å². The number of fused-ring (bicyclic) bond motifs is 1. The van der Waals surface area contributed by atoms with Crippen molar-refractivity contribution < 1.29 is 4.42 Å². The predicted molar refractivity (Wildman–Crippen MR) is 64.7 cm³/mol. The summed E-state index contributed by atoms with van der Waals surface area (Å²) in [6.45, 7) is 0.923. The predicted octanol–water partition coefficient (Wildman–Crippen LogP) is 2.36. The fourth-order valence-electron chi connectivity index (χ4n) is 2.30. The first-order valence-corrected chi connectivity index (χ1v) is 5.93. The summed E-state index contributed by atoms with van der Waals surface area (Å²) in [5.74, 6) is 2.33. The highest BCUT2D eigenvalue weighted by atomic mass is 79.9. The lowest BCUT2D eigenvalue weighted by atomic mass is 10.0. The molecule has 0 spiro atoms. The highest BCUT2D eigenvalue weighted by Crippen LogP contribution is 2.42. The molecule has 0 bridgehead atoms. The zero-order valence-electron chi connectivity index (χ0n) is 9.14. The van der Waals surface area contributed by atoms with Crippen LogP contribution in [-0.4, -0.2) is 23.1 Å². The standard InChI is InChI=1S/C11H12BrN3O/c1-14-4-3-13-10(14)8-6-15(2)11-7(8)5-9(12)16-11/h3-5,8H,6H2,1-2H3. The number of halogens is 1. The van der Waals surface area contributed by atoms with Gasteiger partial charge in [0, 0.05) is 38.6 Å². The normalized spacial score (nSPS) is 19.2. The minimum absolute atomic E-state index is 0.301. The van der Waals surface area contributed by atoms with Gasteiger partial charge in [-0.1, -0.05) is 0 Å². The Labute approximate surface area is 102 Å². The molecule has 3 rings (SSSR count). The van der Waals surface area contributed by atoms with Gasteiger partial charge in [0.05, 0.1) is 5.92 Å². The van der Waals surface area contributed by atoms with E-state index in [1.165, 1.54) is 5.56 Å². The van der Waals surface area contributed by atoms with Crippen molar-refractivity contribution in [1.29, 1.82) is 0 Å². The second-order valence-electron chi connectivity index (χ2n) is 4.14. The Bertz CT molecular complexity index is 531. The number of imidazole rings is 1. The number of likely N-dealkylation sites (N-methyl/N-ethyl adjacent to an activating group) is 1. The highest BCUT2D eigenvalue weighted by molar-refractivity contribution is 9.10. The van der Waals surface area contributed by atoms with E-state index in [2.05, 4.69) is 30.4 Å². The largest absolute Gasteiger partial charge is 0.434 e. The average molecular weight is 282 g/mol. The van der Waals surface area contributed by atoms with Crippen molar-refractivity contribution in [3.05, 3.63) is 34.5 Å². The highest BCUT2D eigenvalue weighted by Gasteiger charge is 2.33. The molecule has 2 aromatic rings. The molecular formula is C11H12BrN3O. The number of anilines is 1. The van der Waals surface area contributed by atoms with Gasteiger partial charge in [0.15, 0.2) is 4.67 Å². The summed E-state index contributed by atoms with van der Waals surface area (Å²) in [6.07, 6.45) is 3.81. The first-order valence-electron chi connectivity index (χ1n) is 5.14. The molecule has 16 heavy (non-hydrogen) atoms. The lowest BCUT2D eigenvalue weighted by Gasteiger charge is -2.12. The first-order chi connectivity index (χ1) is 7.66. The van der Waals surface area contributed by atoms with Crippen molar-refractivity contribution in [1.82, 2.24) is 9.55 Å². The number of hydrogen-bond donors (Lipinski definition) is 0. The number of nitrogens with zero attached hydrogens (tertiary/aromatic N) is 3. The Balaban J connectivity index is 2.09. The van der Waals surface area contributed by atoms with Gasteiger partial charge < -0.3 is 13.9 Å². The molecule has 0 N–H and O–H groups in total. The van der Waals surface area contributed by atoms with Crippen LogP contribution in [0, 0.1) is 0 Å². The van der Waals surface area contributed by atoms with Gasteiger partial charge in [-0.05, 0) is 22.0 Å². The van der Waals surface area contributed by atoms with Crippen molar-refractivity contribution in [3.8, 4) is 0 Å². The summed E-state index contributed by atoms with van der Waals surface area (Å²) in [6, 6.07) is 2.04. The maximum atomic E-state index is 5.61. The Morgan fingerprint density at radius 1 is 1.50 bits per heavy atom. The molecule has 0 aromatic carbocycles. The maximum Gasteiger partial charge on any atom is 0.200 e. The van der Waals surface area contributed by atoms with Gasteiger partial charge in [0.2, 0.25) is 5.88 Å². The zero-order chi connectivity index (χ0) is 11.3. The molecule has 0 fully saturated rings. The smallest absolute Gasteiger partial charge is 0.200 e.